The predicted octanol–water partition coefficient (Wildman–Crippen LogP) is -2.90. The summed E-state index contributed by atoms with van der Waals surface area (Å²) in [5.41, 5.74) is 0.400. The van der Waals surface area contributed by atoms with Gasteiger partial charge < -0.3 is 30.1 Å². The van der Waals surface area contributed by atoms with E-state index in [-0.39, 0.29) is 36.6 Å². The summed E-state index contributed by atoms with van der Waals surface area (Å²) in [5, 5.41) is 3.19. The van der Waals surface area contributed by atoms with Crippen molar-refractivity contribution in [3.8, 4) is 0 Å². The summed E-state index contributed by atoms with van der Waals surface area (Å²) >= 11 is 1.63. The maximum Gasteiger partial charge on any atom is -1.00 e. The Morgan fingerprint density at radius 3 is 1.96 bits per heavy atom. The van der Waals surface area contributed by atoms with E-state index in [2.05, 4.69) is 29.9 Å². The van der Waals surface area contributed by atoms with Crippen LogP contribution in [0.1, 0.15) is 73.1 Å². The van der Waals surface area contributed by atoms with Crippen LogP contribution in [0.15, 0.2) is 0 Å². The molecule has 0 saturated heterocycles. The molecule has 2 amide bonds. The minimum Gasteiger partial charge on any atom is -1.00 e. The third kappa shape index (κ3) is 12.3. The molecule has 0 aromatic carbocycles. The van der Waals surface area contributed by atoms with Gasteiger partial charge >= 0.3 is 48.5 Å². The molecule has 0 bridgehead atoms. The molecule has 1 saturated carbocycles. The first kappa shape index (κ1) is 28.1. The third-order valence-electron chi connectivity index (χ3n) is 4.19. The molecule has 135 valence electrons. The minimum absolute atomic E-state index is 0. The molecule has 0 spiro atoms. The van der Waals surface area contributed by atoms with E-state index in [1.807, 2.05) is 13.8 Å². The molecular weight excluding hydrogens is 371 g/mol. The topological polar surface area (TPSA) is 58.2 Å². The molecule has 0 aromatic rings. The smallest absolute Gasteiger partial charge is 1.00 e. The number of nitrogens with one attached hydrogen (secondary N) is 2. The van der Waals surface area contributed by atoms with Gasteiger partial charge in [0, 0.05) is 12.5 Å². The number of hydrogen-bond acceptors (Lipinski definition) is 2. The van der Waals surface area contributed by atoms with Crippen LogP contribution in [0.25, 0.3) is 0 Å². The summed E-state index contributed by atoms with van der Waals surface area (Å²) < 4.78 is 2.48. The van der Waals surface area contributed by atoms with E-state index in [9.17, 15) is 9.59 Å². The van der Waals surface area contributed by atoms with Crippen LogP contribution in [0.3, 0.4) is 0 Å². The van der Waals surface area contributed by atoms with Crippen molar-refractivity contribution in [1.82, 2.24) is 9.12 Å². The van der Waals surface area contributed by atoms with E-state index in [0.29, 0.717) is 30.2 Å². The van der Waals surface area contributed by atoms with E-state index in [1.165, 1.54) is 19.3 Å². The molecular formula is C16H31Cl2N2O2Ti. The zero-order valence-electron chi connectivity index (χ0n) is 15.0. The van der Waals surface area contributed by atoms with Gasteiger partial charge in [0.25, 0.3) is 0 Å². The quantitative estimate of drug-likeness (QED) is 0.496. The summed E-state index contributed by atoms with van der Waals surface area (Å²) in [6, 6.07) is 0.409. The van der Waals surface area contributed by atoms with Gasteiger partial charge in [-0.25, -0.2) is 0 Å². The van der Waals surface area contributed by atoms with Gasteiger partial charge in [-0.3, -0.25) is 4.79 Å². The number of carbonyl (C=O) groups is 2. The molecule has 1 aliphatic carbocycles. The van der Waals surface area contributed by atoms with Crippen molar-refractivity contribution < 1.29 is 55.1 Å². The molecule has 0 aliphatic heterocycles. The Labute approximate surface area is 166 Å². The average Bonchev–Trinajstić information content (AvgIpc) is 2.46. The molecule has 2 N–H and O–H groups in total. The second kappa shape index (κ2) is 14.6. The molecule has 1 aliphatic rings. The molecule has 2 atom stereocenters. The summed E-state index contributed by atoms with van der Waals surface area (Å²) in [4.78, 5) is 21.5. The van der Waals surface area contributed by atoms with Crippen LogP contribution in [0.5, 0.6) is 0 Å². The van der Waals surface area contributed by atoms with Crippen molar-refractivity contribution in [3.05, 3.63) is 0 Å². The molecule has 1 rings (SSSR count). The van der Waals surface area contributed by atoms with E-state index >= 15 is 0 Å². The molecule has 23 heavy (non-hydrogen) atoms. The van der Waals surface area contributed by atoms with Crippen molar-refractivity contribution in [2.24, 2.45) is 11.3 Å². The van der Waals surface area contributed by atoms with E-state index in [1.54, 1.807) is 20.7 Å². The van der Waals surface area contributed by atoms with Gasteiger partial charge in [0.05, 0.1) is 0 Å². The molecule has 1 fully saturated rings. The van der Waals surface area contributed by atoms with E-state index < -0.39 is 0 Å². The van der Waals surface area contributed by atoms with Crippen molar-refractivity contribution in [2.75, 3.05) is 0 Å². The summed E-state index contributed by atoms with van der Waals surface area (Å²) in [5.74, 6) is 0.986. The second-order valence-corrected chi connectivity index (χ2v) is 6.90. The third-order valence-corrected chi connectivity index (χ3v) is 4.62. The zero-order chi connectivity index (χ0) is 16.5. The maximum absolute atomic E-state index is 11.4. The summed E-state index contributed by atoms with van der Waals surface area (Å²) in [6.45, 7) is 10.6. The fourth-order valence-corrected chi connectivity index (χ4v) is 2.97. The molecule has 2 unspecified atom stereocenters. The molecule has 0 aromatic heterocycles. The standard InChI is InChI=1S/C13H25NO.C3H7NO.2ClH.Ti/c1-5-10-7-8-13(3,4)9-11(10)14-12(15)6-2;1-2-3(4)5;;;/h10-11H,5-9H2,1-4H3,(H,14,15);2H2,1H3,(H2,4,5);2*1H;/q;;;;+3/p-3. The van der Waals surface area contributed by atoms with Crippen LogP contribution in [0.4, 0.5) is 0 Å². The first-order chi connectivity index (χ1) is 9.79. The predicted molar refractivity (Wildman–Crippen MR) is 82.1 cm³/mol. The Balaban J connectivity index is -0.000000434. The van der Waals surface area contributed by atoms with Gasteiger partial charge in [-0.1, -0.05) is 34.1 Å². The number of rotatable bonds is 4. The Hall–Kier alpha value is 0.234. The summed E-state index contributed by atoms with van der Waals surface area (Å²) in [7, 11) is 0. The van der Waals surface area contributed by atoms with Crippen molar-refractivity contribution in [2.45, 2.75) is 79.2 Å². The molecule has 7 heteroatoms. The normalized spacial score (nSPS) is 21.5. The van der Waals surface area contributed by atoms with Gasteiger partial charge in [-0.15, -0.1) is 0 Å². The van der Waals surface area contributed by atoms with E-state index in [4.69, 9.17) is 0 Å². The SMILES string of the molecule is CCC(=O)NC1CC(C)(C)CCC1CC.CCC(=O)[NH][Ti+2].[Cl-].[Cl-]. The van der Waals surface area contributed by atoms with Crippen LogP contribution in [0.2, 0.25) is 0 Å². The first-order valence-electron chi connectivity index (χ1n) is 8.04. The maximum atomic E-state index is 11.4. The molecule has 4 nitrogen and oxygen atoms in total. The summed E-state index contributed by atoms with van der Waals surface area (Å²) in [6.07, 6.45) is 6.06. The van der Waals surface area contributed by atoms with Gasteiger partial charge in [-0.05, 0) is 30.6 Å². The number of halogens is 2. The number of carbonyl (C=O) groups excluding carboxylic acids is 2. The van der Waals surface area contributed by atoms with Gasteiger partial charge in [0.1, 0.15) is 0 Å². The van der Waals surface area contributed by atoms with E-state index in [0.717, 1.165) is 6.42 Å². The van der Waals surface area contributed by atoms with Crippen LogP contribution in [-0.4, -0.2) is 17.9 Å². The van der Waals surface area contributed by atoms with Crippen molar-refractivity contribution >= 4 is 11.8 Å². The first-order valence-corrected chi connectivity index (χ1v) is 8.82. The fourth-order valence-electron chi connectivity index (χ4n) is 2.70. The fraction of sp³-hybridized carbons (Fsp3) is 0.875. The Morgan fingerprint density at radius 1 is 1.09 bits per heavy atom. The second-order valence-electron chi connectivity index (χ2n) is 6.50. The molecule has 0 radical (unpaired) electrons. The Morgan fingerprint density at radius 2 is 1.61 bits per heavy atom. The average molecular weight is 402 g/mol. The van der Waals surface area contributed by atoms with Crippen LogP contribution in [-0.2, 0) is 30.3 Å². The Kier molecular flexibility index (Phi) is 17.8. The zero-order valence-corrected chi connectivity index (χ0v) is 18.0. The molecule has 0 heterocycles. The minimum atomic E-state index is 0. The van der Waals surface area contributed by atoms with Gasteiger partial charge in [-0.2, -0.15) is 0 Å². The van der Waals surface area contributed by atoms with Crippen molar-refractivity contribution in [1.29, 1.82) is 0 Å². The van der Waals surface area contributed by atoms with Crippen LogP contribution < -0.4 is 33.9 Å². The Bertz CT molecular complexity index is 336. The van der Waals surface area contributed by atoms with Gasteiger partial charge in [0.15, 0.2) is 0 Å². The number of amides is 2. The van der Waals surface area contributed by atoms with Gasteiger partial charge in [0.2, 0.25) is 5.91 Å². The van der Waals surface area contributed by atoms with Crippen molar-refractivity contribution in [3.63, 3.8) is 0 Å². The monoisotopic (exact) mass is 401 g/mol. The van der Waals surface area contributed by atoms with Crippen LogP contribution >= 0.6 is 0 Å². The number of hydrogen-bond donors (Lipinski definition) is 2. The largest absolute Gasteiger partial charge is 1.00 e. The van der Waals surface area contributed by atoms with Crippen LogP contribution in [0, 0.1) is 11.3 Å².